The van der Waals surface area contributed by atoms with Crippen LogP contribution in [0.1, 0.15) is 18.9 Å². The molecule has 5 rings (SSSR count). The number of hydrogen-bond donors (Lipinski definition) is 0. The maximum absolute atomic E-state index is 2.39. The van der Waals surface area contributed by atoms with Crippen molar-refractivity contribution in [1.82, 2.24) is 0 Å². The van der Waals surface area contributed by atoms with Crippen molar-refractivity contribution in [3.05, 3.63) is 90.5 Å². The Morgan fingerprint density at radius 3 is 2.10 bits per heavy atom. The Bertz CT molecular complexity index is 1250. The van der Waals surface area contributed by atoms with Crippen molar-refractivity contribution in [3.63, 3.8) is 0 Å². The molecule has 29 heavy (non-hydrogen) atoms. The molecule has 0 spiro atoms. The molecular formula is C26H21Cl2Zr. The molecule has 0 aromatic heterocycles. The third-order valence-corrected chi connectivity index (χ3v) is 5.41. The van der Waals surface area contributed by atoms with Crippen LogP contribution in [0.15, 0.2) is 84.9 Å². The van der Waals surface area contributed by atoms with Gasteiger partial charge in [-0.25, -0.2) is 0 Å². The molecule has 5 aromatic carbocycles. The van der Waals surface area contributed by atoms with E-state index in [1.54, 1.807) is 0 Å². The van der Waals surface area contributed by atoms with Gasteiger partial charge in [0, 0.05) is 0 Å². The minimum Gasteiger partial charge on any atom is -1.00 e. The molecule has 0 aliphatic rings. The van der Waals surface area contributed by atoms with E-state index in [1.807, 2.05) is 0 Å². The summed E-state index contributed by atoms with van der Waals surface area (Å²) in [5.74, 6) is 0. The van der Waals surface area contributed by atoms with E-state index in [-0.39, 0.29) is 51.0 Å². The monoisotopic (exact) mass is 493 g/mol. The first-order valence-electron chi connectivity index (χ1n) is 9.44. The molecule has 0 fully saturated rings. The summed E-state index contributed by atoms with van der Waals surface area (Å²) in [7, 11) is 0. The second-order valence-corrected chi connectivity index (χ2v) is 7.11. The average molecular weight is 496 g/mol. The zero-order chi connectivity index (χ0) is 17.5. The smallest absolute Gasteiger partial charge is 1.00 e. The van der Waals surface area contributed by atoms with Gasteiger partial charge in [0.15, 0.2) is 0 Å². The molecule has 143 valence electrons. The average Bonchev–Trinajstić information content (AvgIpc) is 3.10. The molecule has 0 saturated carbocycles. The Morgan fingerprint density at radius 2 is 1.34 bits per heavy atom. The van der Waals surface area contributed by atoms with Crippen LogP contribution in [0.2, 0.25) is 0 Å². The minimum atomic E-state index is 0. The largest absolute Gasteiger partial charge is 3.00 e. The first kappa shape index (κ1) is 23.7. The van der Waals surface area contributed by atoms with Gasteiger partial charge >= 0.3 is 26.2 Å². The predicted octanol–water partition coefficient (Wildman–Crippen LogP) is 1.49. The third-order valence-electron chi connectivity index (χ3n) is 5.41. The van der Waals surface area contributed by atoms with E-state index in [0.717, 1.165) is 6.42 Å². The number of halogens is 2. The van der Waals surface area contributed by atoms with Gasteiger partial charge in [0.25, 0.3) is 0 Å². The Kier molecular flexibility index (Phi) is 8.18. The van der Waals surface area contributed by atoms with Crippen molar-refractivity contribution in [2.24, 2.45) is 0 Å². The number of benzene rings is 4. The van der Waals surface area contributed by atoms with Crippen LogP contribution in [-0.2, 0) is 32.6 Å². The van der Waals surface area contributed by atoms with Crippen LogP contribution >= 0.6 is 0 Å². The summed E-state index contributed by atoms with van der Waals surface area (Å²) >= 11 is 0. The first-order chi connectivity index (χ1) is 12.8. The van der Waals surface area contributed by atoms with Crippen molar-refractivity contribution in [3.8, 4) is 11.1 Å². The van der Waals surface area contributed by atoms with Crippen molar-refractivity contribution in [1.29, 1.82) is 0 Å². The molecule has 1 radical (unpaired) electrons. The van der Waals surface area contributed by atoms with Crippen LogP contribution in [-0.4, -0.2) is 0 Å². The van der Waals surface area contributed by atoms with Crippen molar-refractivity contribution in [2.45, 2.75) is 19.8 Å². The van der Waals surface area contributed by atoms with E-state index in [2.05, 4.69) is 91.9 Å². The molecule has 0 amide bonds. The third kappa shape index (κ3) is 4.20. The molecule has 0 heterocycles. The van der Waals surface area contributed by atoms with E-state index in [0.29, 0.717) is 0 Å². The fourth-order valence-electron chi connectivity index (χ4n) is 4.24. The zero-order valence-corrected chi connectivity index (χ0v) is 20.2. The predicted molar refractivity (Wildman–Crippen MR) is 114 cm³/mol. The van der Waals surface area contributed by atoms with Crippen LogP contribution in [0.5, 0.6) is 0 Å². The summed E-state index contributed by atoms with van der Waals surface area (Å²) < 4.78 is 0. The molecule has 3 heteroatoms. The molecule has 0 aliphatic heterocycles. The zero-order valence-electron chi connectivity index (χ0n) is 16.3. The number of rotatable bonds is 3. The van der Waals surface area contributed by atoms with Gasteiger partial charge in [-0.3, -0.25) is 0 Å². The molecular weight excluding hydrogens is 474 g/mol. The van der Waals surface area contributed by atoms with Crippen LogP contribution in [0.4, 0.5) is 0 Å². The van der Waals surface area contributed by atoms with E-state index in [4.69, 9.17) is 0 Å². The Balaban J connectivity index is 0.000001000. The molecule has 0 saturated heterocycles. The van der Waals surface area contributed by atoms with Crippen LogP contribution in [0.3, 0.4) is 0 Å². The quantitative estimate of drug-likeness (QED) is 0.263. The van der Waals surface area contributed by atoms with E-state index in [1.165, 1.54) is 55.4 Å². The van der Waals surface area contributed by atoms with E-state index < -0.39 is 0 Å². The van der Waals surface area contributed by atoms with Crippen molar-refractivity contribution >= 4 is 32.3 Å². The molecule has 0 atom stereocenters. The van der Waals surface area contributed by atoms with Crippen LogP contribution in [0.25, 0.3) is 43.4 Å². The molecule has 0 unspecified atom stereocenters. The van der Waals surface area contributed by atoms with E-state index in [9.17, 15) is 0 Å². The van der Waals surface area contributed by atoms with Crippen molar-refractivity contribution in [2.75, 3.05) is 0 Å². The van der Waals surface area contributed by atoms with Gasteiger partial charge in [-0.2, -0.15) is 6.07 Å². The summed E-state index contributed by atoms with van der Waals surface area (Å²) in [5, 5.41) is 8.02. The fraction of sp³-hybridized carbons (Fsp3) is 0.115. The number of fused-ring (bicyclic) bond motifs is 4. The van der Waals surface area contributed by atoms with Gasteiger partial charge in [-0.15, -0.1) is 34.5 Å². The SMILES string of the molecule is CCCc1cc2c(-c3cc4ccccc4c4ccccc34)cccc2[cH-]1.[Cl-].[Cl-].[Zr+3]. The molecule has 0 bridgehead atoms. The van der Waals surface area contributed by atoms with Gasteiger partial charge in [-0.05, 0) is 39.6 Å². The van der Waals surface area contributed by atoms with Crippen molar-refractivity contribution < 1.29 is 51.0 Å². The van der Waals surface area contributed by atoms with Gasteiger partial charge < -0.3 is 24.8 Å². The van der Waals surface area contributed by atoms with Gasteiger partial charge in [0.2, 0.25) is 0 Å². The molecule has 0 N–H and O–H groups in total. The maximum atomic E-state index is 2.39. The van der Waals surface area contributed by atoms with Crippen LogP contribution < -0.4 is 24.8 Å². The van der Waals surface area contributed by atoms with Gasteiger partial charge in [0.05, 0.1) is 0 Å². The topological polar surface area (TPSA) is 0 Å². The Hall–Kier alpha value is -1.53. The summed E-state index contributed by atoms with van der Waals surface area (Å²) in [6.07, 6.45) is 2.33. The maximum Gasteiger partial charge on any atom is 3.00 e. The normalized spacial score (nSPS) is 10.4. The summed E-state index contributed by atoms with van der Waals surface area (Å²) in [4.78, 5) is 0. The molecule has 0 nitrogen and oxygen atoms in total. The minimum absolute atomic E-state index is 0. The molecule has 5 aromatic rings. The second-order valence-electron chi connectivity index (χ2n) is 7.11. The Morgan fingerprint density at radius 1 is 0.655 bits per heavy atom. The standard InChI is InChI=1S/C26H21.2ClH.Zr/c1-2-8-18-15-19-10-7-14-24(25(19)16-18)26-17-20-9-3-4-11-21(20)22-12-5-6-13-23(22)26;;;/h3-7,9-17H,2,8H2,1H3;2*1H;/q-1;;;+3/p-2. The van der Waals surface area contributed by atoms with Crippen LogP contribution in [0, 0.1) is 0 Å². The summed E-state index contributed by atoms with van der Waals surface area (Å²) in [6.45, 7) is 2.25. The van der Waals surface area contributed by atoms with E-state index >= 15 is 0 Å². The Labute approximate surface area is 203 Å². The van der Waals surface area contributed by atoms with Gasteiger partial charge in [0.1, 0.15) is 0 Å². The summed E-state index contributed by atoms with van der Waals surface area (Å²) in [5.41, 5.74) is 4.12. The number of aryl methyl sites for hydroxylation is 1. The number of hydrogen-bond acceptors (Lipinski definition) is 0. The second kappa shape index (κ2) is 9.99. The molecule has 0 aliphatic carbocycles. The van der Waals surface area contributed by atoms with Gasteiger partial charge in [-0.1, -0.05) is 73.5 Å². The fourth-order valence-corrected chi connectivity index (χ4v) is 4.24. The summed E-state index contributed by atoms with van der Waals surface area (Å²) in [6, 6.07) is 31.3. The first-order valence-corrected chi connectivity index (χ1v) is 9.44.